The molecule has 0 spiro atoms. The molecule has 1 unspecified atom stereocenters. The number of fused-ring (bicyclic) bond motifs is 1. The van der Waals surface area contributed by atoms with Gasteiger partial charge in [-0.3, -0.25) is 0 Å². The molecular formula is C18H22N2S. The fraction of sp³-hybridized carbons (Fsp3) is 0.333. The van der Waals surface area contributed by atoms with E-state index in [1.165, 1.54) is 21.9 Å². The van der Waals surface area contributed by atoms with Gasteiger partial charge in [-0.25, -0.2) is 0 Å². The highest BCUT2D eigenvalue weighted by atomic mass is 32.2. The number of benzene rings is 2. The van der Waals surface area contributed by atoms with Crippen molar-refractivity contribution in [1.29, 1.82) is 0 Å². The largest absolute Gasteiger partial charge is 0.397 e. The van der Waals surface area contributed by atoms with Crippen LogP contribution in [0.5, 0.6) is 0 Å². The predicted molar refractivity (Wildman–Crippen MR) is 93.3 cm³/mol. The number of nitrogens with two attached hydrogens (primary N) is 1. The van der Waals surface area contributed by atoms with Crippen LogP contribution in [0.25, 0.3) is 0 Å². The first kappa shape index (κ1) is 14.3. The third-order valence-corrected chi connectivity index (χ3v) is 5.26. The highest BCUT2D eigenvalue weighted by Crippen LogP contribution is 2.40. The molecular weight excluding hydrogens is 276 g/mol. The molecule has 21 heavy (non-hydrogen) atoms. The molecule has 0 aliphatic carbocycles. The van der Waals surface area contributed by atoms with Gasteiger partial charge in [-0.05, 0) is 30.2 Å². The summed E-state index contributed by atoms with van der Waals surface area (Å²) in [6.45, 7) is 4.33. The maximum Gasteiger partial charge on any atom is 0.0600 e. The lowest BCUT2D eigenvalue weighted by atomic mass is 10.0. The zero-order valence-corrected chi connectivity index (χ0v) is 13.3. The van der Waals surface area contributed by atoms with Gasteiger partial charge in [-0.1, -0.05) is 37.3 Å². The van der Waals surface area contributed by atoms with Crippen molar-refractivity contribution in [3.8, 4) is 0 Å². The lowest BCUT2D eigenvalue weighted by Crippen LogP contribution is -2.30. The lowest BCUT2D eigenvalue weighted by Gasteiger charge is -2.28. The molecule has 1 aliphatic heterocycles. The maximum atomic E-state index is 6.17. The van der Waals surface area contributed by atoms with Crippen molar-refractivity contribution in [2.45, 2.75) is 24.2 Å². The minimum atomic E-state index is 0.595. The Morgan fingerprint density at radius 3 is 2.71 bits per heavy atom. The van der Waals surface area contributed by atoms with Gasteiger partial charge in [0.05, 0.1) is 11.4 Å². The van der Waals surface area contributed by atoms with Crippen LogP contribution in [0.3, 0.4) is 0 Å². The average molecular weight is 298 g/mol. The van der Waals surface area contributed by atoms with Crippen molar-refractivity contribution in [1.82, 2.24) is 0 Å². The van der Waals surface area contributed by atoms with Crippen molar-refractivity contribution in [3.63, 3.8) is 0 Å². The van der Waals surface area contributed by atoms with Gasteiger partial charge in [-0.2, -0.15) is 0 Å². The highest BCUT2D eigenvalue weighted by molar-refractivity contribution is 7.99. The van der Waals surface area contributed by atoms with E-state index in [-0.39, 0.29) is 0 Å². The summed E-state index contributed by atoms with van der Waals surface area (Å²) >= 11 is 1.98. The van der Waals surface area contributed by atoms with Gasteiger partial charge in [0.25, 0.3) is 0 Å². The van der Waals surface area contributed by atoms with Crippen LogP contribution < -0.4 is 10.6 Å². The molecule has 1 aliphatic rings. The second kappa shape index (κ2) is 6.44. The van der Waals surface area contributed by atoms with E-state index < -0.39 is 0 Å². The molecule has 1 heterocycles. The number of hydrogen-bond donors (Lipinski definition) is 1. The smallest absolute Gasteiger partial charge is 0.0600 e. The Hall–Kier alpha value is -1.61. The monoisotopic (exact) mass is 298 g/mol. The molecule has 2 aromatic rings. The maximum absolute atomic E-state index is 6.17. The summed E-state index contributed by atoms with van der Waals surface area (Å²) in [7, 11) is 0. The number of anilines is 2. The normalized spacial score (nSPS) is 16.7. The summed E-state index contributed by atoms with van der Waals surface area (Å²) < 4.78 is 0. The van der Waals surface area contributed by atoms with Crippen LogP contribution in [0.4, 0.5) is 11.4 Å². The first-order valence-corrected chi connectivity index (χ1v) is 8.59. The van der Waals surface area contributed by atoms with E-state index in [0.29, 0.717) is 5.92 Å². The van der Waals surface area contributed by atoms with Crippen molar-refractivity contribution in [2.24, 2.45) is 0 Å². The summed E-state index contributed by atoms with van der Waals surface area (Å²) in [5, 5.41) is 0. The van der Waals surface area contributed by atoms with Crippen molar-refractivity contribution in [2.75, 3.05) is 29.5 Å². The number of nitrogens with zero attached hydrogens (tertiary/aromatic N) is 1. The van der Waals surface area contributed by atoms with Gasteiger partial charge in [0.1, 0.15) is 0 Å². The Morgan fingerprint density at radius 2 is 1.90 bits per heavy atom. The Morgan fingerprint density at radius 1 is 1.14 bits per heavy atom. The van der Waals surface area contributed by atoms with E-state index in [4.69, 9.17) is 5.73 Å². The molecule has 1 atom stereocenters. The summed E-state index contributed by atoms with van der Waals surface area (Å²) in [5.41, 5.74) is 9.73. The molecule has 0 bridgehead atoms. The van der Waals surface area contributed by atoms with E-state index in [2.05, 4.69) is 48.2 Å². The SMILES string of the molecule is CCCN(CC1CSc2ccccc21)c1ccccc1N. The van der Waals surface area contributed by atoms with E-state index in [1.807, 2.05) is 23.9 Å². The van der Waals surface area contributed by atoms with Gasteiger partial charge >= 0.3 is 0 Å². The average Bonchev–Trinajstić information content (AvgIpc) is 2.91. The quantitative estimate of drug-likeness (QED) is 0.831. The number of nitrogen functional groups attached to an aromatic ring is 1. The van der Waals surface area contributed by atoms with Gasteiger partial charge in [0.15, 0.2) is 0 Å². The summed E-state index contributed by atoms with van der Waals surface area (Å²) in [4.78, 5) is 3.89. The zero-order chi connectivity index (χ0) is 14.7. The molecule has 0 radical (unpaired) electrons. The molecule has 0 fully saturated rings. The van der Waals surface area contributed by atoms with Crippen LogP contribution in [0.1, 0.15) is 24.8 Å². The van der Waals surface area contributed by atoms with Crippen LogP contribution in [0, 0.1) is 0 Å². The molecule has 3 heteroatoms. The van der Waals surface area contributed by atoms with E-state index in [0.717, 1.165) is 25.2 Å². The molecule has 2 N–H and O–H groups in total. The fourth-order valence-corrected chi connectivity index (χ4v) is 4.24. The molecule has 2 nitrogen and oxygen atoms in total. The van der Waals surface area contributed by atoms with E-state index >= 15 is 0 Å². The van der Waals surface area contributed by atoms with Crippen LogP contribution in [-0.4, -0.2) is 18.8 Å². The standard InChI is InChI=1S/C18H22N2S/c1-2-11-20(17-9-5-4-8-16(17)19)12-14-13-21-18-10-6-3-7-15(14)18/h3-10,14H,2,11-13,19H2,1H3. The molecule has 0 aromatic heterocycles. The molecule has 0 saturated heterocycles. The molecule has 110 valence electrons. The van der Waals surface area contributed by atoms with Crippen molar-refractivity contribution < 1.29 is 0 Å². The van der Waals surface area contributed by atoms with E-state index in [1.54, 1.807) is 0 Å². The molecule has 3 rings (SSSR count). The van der Waals surface area contributed by atoms with Gasteiger partial charge < -0.3 is 10.6 Å². The minimum absolute atomic E-state index is 0.595. The highest BCUT2D eigenvalue weighted by Gasteiger charge is 2.25. The molecule has 0 saturated carbocycles. The number of hydrogen-bond acceptors (Lipinski definition) is 3. The van der Waals surface area contributed by atoms with Crippen LogP contribution in [0.2, 0.25) is 0 Å². The van der Waals surface area contributed by atoms with Crippen LogP contribution in [0.15, 0.2) is 53.4 Å². The van der Waals surface area contributed by atoms with Crippen molar-refractivity contribution in [3.05, 3.63) is 54.1 Å². The first-order valence-electron chi connectivity index (χ1n) is 7.60. The Bertz CT molecular complexity index is 612. The van der Waals surface area contributed by atoms with Gasteiger partial charge in [0.2, 0.25) is 0 Å². The van der Waals surface area contributed by atoms with Crippen LogP contribution >= 0.6 is 11.8 Å². The summed E-state index contributed by atoms with van der Waals surface area (Å²) in [6, 6.07) is 17.0. The number of para-hydroxylation sites is 2. The van der Waals surface area contributed by atoms with E-state index in [9.17, 15) is 0 Å². The Labute approximate surface area is 131 Å². The number of thioether (sulfide) groups is 1. The second-order valence-electron chi connectivity index (χ2n) is 5.55. The number of rotatable bonds is 5. The van der Waals surface area contributed by atoms with Gasteiger partial charge in [0, 0.05) is 29.7 Å². The fourth-order valence-electron chi connectivity index (χ4n) is 3.00. The first-order chi connectivity index (χ1) is 10.3. The second-order valence-corrected chi connectivity index (χ2v) is 6.61. The Balaban J connectivity index is 1.82. The lowest BCUT2D eigenvalue weighted by molar-refractivity contribution is 0.686. The molecule has 2 aromatic carbocycles. The van der Waals surface area contributed by atoms with Crippen LogP contribution in [-0.2, 0) is 0 Å². The van der Waals surface area contributed by atoms with Gasteiger partial charge in [-0.15, -0.1) is 11.8 Å². The predicted octanol–water partition coefficient (Wildman–Crippen LogP) is 4.37. The molecule has 0 amide bonds. The Kier molecular flexibility index (Phi) is 4.39. The third-order valence-electron chi connectivity index (χ3n) is 4.01. The topological polar surface area (TPSA) is 29.3 Å². The minimum Gasteiger partial charge on any atom is -0.397 e. The third kappa shape index (κ3) is 3.03. The summed E-state index contributed by atoms with van der Waals surface area (Å²) in [6.07, 6.45) is 1.13. The zero-order valence-electron chi connectivity index (χ0n) is 12.5. The van der Waals surface area contributed by atoms with Crippen molar-refractivity contribution >= 4 is 23.1 Å². The summed E-state index contributed by atoms with van der Waals surface area (Å²) in [5.74, 6) is 1.77.